The van der Waals surface area contributed by atoms with E-state index >= 15 is 0 Å². The first-order valence-electron chi connectivity index (χ1n) is 5.48. The van der Waals surface area contributed by atoms with Gasteiger partial charge >= 0.3 is 0 Å². The first kappa shape index (κ1) is 11.3. The lowest BCUT2D eigenvalue weighted by molar-refractivity contribution is 0.521. The minimum atomic E-state index is 0.720. The molecule has 0 saturated heterocycles. The first-order valence-corrected chi connectivity index (χ1v) is 5.48. The van der Waals surface area contributed by atoms with Crippen molar-refractivity contribution in [1.29, 1.82) is 0 Å². The Bertz CT molecular complexity index is 250. The van der Waals surface area contributed by atoms with Crippen molar-refractivity contribution in [2.45, 2.75) is 27.2 Å². The Morgan fingerprint density at radius 2 is 1.86 bits per heavy atom. The van der Waals surface area contributed by atoms with Crippen LogP contribution in [-0.4, -0.2) is 13.1 Å². The largest absolute Gasteiger partial charge is 0.317 e. The third-order valence-electron chi connectivity index (χ3n) is 2.45. The Hall–Kier alpha value is -0.820. The van der Waals surface area contributed by atoms with Crippen LogP contribution in [-0.2, 0) is 6.42 Å². The zero-order valence-corrected chi connectivity index (χ0v) is 9.51. The van der Waals surface area contributed by atoms with Gasteiger partial charge in [0.1, 0.15) is 0 Å². The van der Waals surface area contributed by atoms with E-state index in [2.05, 4.69) is 50.4 Å². The molecule has 0 spiro atoms. The van der Waals surface area contributed by atoms with Gasteiger partial charge in [-0.2, -0.15) is 0 Å². The lowest BCUT2D eigenvalue weighted by atomic mass is 10.0. The quantitative estimate of drug-likeness (QED) is 0.754. The SMILES string of the molecule is CCNCC(C)Cc1ccc(C)cc1. The number of rotatable bonds is 5. The summed E-state index contributed by atoms with van der Waals surface area (Å²) in [6.45, 7) is 8.76. The van der Waals surface area contributed by atoms with Crippen molar-refractivity contribution in [2.75, 3.05) is 13.1 Å². The van der Waals surface area contributed by atoms with E-state index in [1.807, 2.05) is 0 Å². The molecule has 1 rings (SSSR count). The summed E-state index contributed by atoms with van der Waals surface area (Å²) in [4.78, 5) is 0. The maximum absolute atomic E-state index is 3.38. The molecule has 0 saturated carbocycles. The summed E-state index contributed by atoms with van der Waals surface area (Å²) >= 11 is 0. The van der Waals surface area contributed by atoms with E-state index in [4.69, 9.17) is 0 Å². The molecule has 0 aliphatic rings. The number of nitrogens with one attached hydrogen (secondary N) is 1. The van der Waals surface area contributed by atoms with E-state index in [1.54, 1.807) is 0 Å². The third kappa shape index (κ3) is 3.93. The molecule has 0 aliphatic carbocycles. The first-order chi connectivity index (χ1) is 6.72. The molecule has 0 heterocycles. The van der Waals surface area contributed by atoms with Gasteiger partial charge < -0.3 is 5.32 Å². The number of benzene rings is 1. The van der Waals surface area contributed by atoms with Gasteiger partial charge in [0.25, 0.3) is 0 Å². The van der Waals surface area contributed by atoms with Crippen molar-refractivity contribution < 1.29 is 0 Å². The fraction of sp³-hybridized carbons (Fsp3) is 0.538. The van der Waals surface area contributed by atoms with Crippen LogP contribution >= 0.6 is 0 Å². The predicted octanol–water partition coefficient (Wildman–Crippen LogP) is 2.78. The number of hydrogen-bond acceptors (Lipinski definition) is 1. The summed E-state index contributed by atoms with van der Waals surface area (Å²) in [7, 11) is 0. The zero-order chi connectivity index (χ0) is 10.4. The van der Waals surface area contributed by atoms with Crippen molar-refractivity contribution in [1.82, 2.24) is 5.32 Å². The average molecular weight is 191 g/mol. The number of hydrogen-bond donors (Lipinski definition) is 1. The predicted molar refractivity (Wildman–Crippen MR) is 62.6 cm³/mol. The molecule has 1 N–H and O–H groups in total. The van der Waals surface area contributed by atoms with Crippen LogP contribution in [0.25, 0.3) is 0 Å². The minimum absolute atomic E-state index is 0.720. The smallest absolute Gasteiger partial charge is 0.00201 e. The van der Waals surface area contributed by atoms with Crippen LogP contribution in [0.5, 0.6) is 0 Å². The lowest BCUT2D eigenvalue weighted by Gasteiger charge is -2.11. The van der Waals surface area contributed by atoms with Crippen LogP contribution in [0.15, 0.2) is 24.3 Å². The van der Waals surface area contributed by atoms with E-state index in [0.717, 1.165) is 19.0 Å². The Kier molecular flexibility index (Phi) is 4.68. The maximum atomic E-state index is 3.38. The monoisotopic (exact) mass is 191 g/mol. The molecule has 1 heteroatoms. The van der Waals surface area contributed by atoms with E-state index in [9.17, 15) is 0 Å². The molecule has 14 heavy (non-hydrogen) atoms. The zero-order valence-electron chi connectivity index (χ0n) is 9.51. The average Bonchev–Trinajstić information content (AvgIpc) is 2.18. The Balaban J connectivity index is 2.39. The van der Waals surface area contributed by atoms with Crippen LogP contribution in [0.4, 0.5) is 0 Å². The van der Waals surface area contributed by atoms with Gasteiger partial charge in [-0.25, -0.2) is 0 Å². The Labute approximate surface area is 87.5 Å². The van der Waals surface area contributed by atoms with E-state index < -0.39 is 0 Å². The van der Waals surface area contributed by atoms with E-state index in [-0.39, 0.29) is 0 Å². The Morgan fingerprint density at radius 3 is 2.43 bits per heavy atom. The van der Waals surface area contributed by atoms with Gasteiger partial charge in [0, 0.05) is 0 Å². The topological polar surface area (TPSA) is 12.0 Å². The normalized spacial score (nSPS) is 12.8. The molecular formula is C13H21N. The third-order valence-corrected chi connectivity index (χ3v) is 2.45. The number of aryl methyl sites for hydroxylation is 1. The van der Waals surface area contributed by atoms with Gasteiger partial charge in [-0.3, -0.25) is 0 Å². The molecule has 0 fully saturated rings. The molecule has 1 aromatic carbocycles. The van der Waals surface area contributed by atoms with Crippen LogP contribution in [0.1, 0.15) is 25.0 Å². The highest BCUT2D eigenvalue weighted by molar-refractivity contribution is 5.21. The van der Waals surface area contributed by atoms with E-state index in [0.29, 0.717) is 0 Å². The fourth-order valence-corrected chi connectivity index (χ4v) is 1.59. The van der Waals surface area contributed by atoms with Gasteiger partial charge in [-0.1, -0.05) is 43.7 Å². The van der Waals surface area contributed by atoms with Crippen molar-refractivity contribution in [3.05, 3.63) is 35.4 Å². The van der Waals surface area contributed by atoms with Crippen LogP contribution in [0.2, 0.25) is 0 Å². The summed E-state index contributed by atoms with van der Waals surface area (Å²) in [6, 6.07) is 8.85. The molecule has 0 amide bonds. The summed E-state index contributed by atoms with van der Waals surface area (Å²) < 4.78 is 0. The Morgan fingerprint density at radius 1 is 1.21 bits per heavy atom. The molecule has 78 valence electrons. The van der Waals surface area contributed by atoms with Crippen LogP contribution < -0.4 is 5.32 Å². The minimum Gasteiger partial charge on any atom is -0.317 e. The highest BCUT2D eigenvalue weighted by Crippen LogP contribution is 2.09. The lowest BCUT2D eigenvalue weighted by Crippen LogP contribution is -2.21. The second-order valence-corrected chi connectivity index (χ2v) is 4.10. The second-order valence-electron chi connectivity index (χ2n) is 4.10. The van der Waals surface area contributed by atoms with Gasteiger partial charge in [-0.15, -0.1) is 0 Å². The molecule has 0 bridgehead atoms. The summed E-state index contributed by atoms with van der Waals surface area (Å²) in [6.07, 6.45) is 1.17. The maximum Gasteiger partial charge on any atom is -0.00201 e. The van der Waals surface area contributed by atoms with Crippen molar-refractivity contribution in [3.8, 4) is 0 Å². The van der Waals surface area contributed by atoms with Crippen molar-refractivity contribution in [2.24, 2.45) is 5.92 Å². The second kappa shape index (κ2) is 5.82. The highest BCUT2D eigenvalue weighted by Gasteiger charge is 2.02. The van der Waals surface area contributed by atoms with Crippen molar-refractivity contribution >= 4 is 0 Å². The molecule has 1 unspecified atom stereocenters. The summed E-state index contributed by atoms with van der Waals surface area (Å²) in [5, 5.41) is 3.38. The summed E-state index contributed by atoms with van der Waals surface area (Å²) in [5.41, 5.74) is 2.79. The van der Waals surface area contributed by atoms with Gasteiger partial charge in [0.05, 0.1) is 0 Å². The molecule has 0 aliphatic heterocycles. The molecule has 0 aromatic heterocycles. The van der Waals surface area contributed by atoms with Gasteiger partial charge in [0.15, 0.2) is 0 Å². The molecule has 1 aromatic rings. The molecule has 0 radical (unpaired) electrons. The van der Waals surface area contributed by atoms with Crippen LogP contribution in [0.3, 0.4) is 0 Å². The fourth-order valence-electron chi connectivity index (χ4n) is 1.59. The molecule has 1 nitrogen and oxygen atoms in total. The van der Waals surface area contributed by atoms with E-state index in [1.165, 1.54) is 17.5 Å². The van der Waals surface area contributed by atoms with Crippen LogP contribution in [0, 0.1) is 12.8 Å². The van der Waals surface area contributed by atoms with Crippen molar-refractivity contribution in [3.63, 3.8) is 0 Å². The molecular weight excluding hydrogens is 170 g/mol. The highest BCUT2D eigenvalue weighted by atomic mass is 14.8. The standard InChI is InChI=1S/C13H21N/c1-4-14-10-12(3)9-13-7-5-11(2)6-8-13/h5-8,12,14H,4,9-10H2,1-3H3. The summed E-state index contributed by atoms with van der Waals surface area (Å²) in [5.74, 6) is 0.720. The van der Waals surface area contributed by atoms with Gasteiger partial charge in [-0.05, 0) is 37.9 Å². The molecule has 1 atom stereocenters. The van der Waals surface area contributed by atoms with Gasteiger partial charge in [0.2, 0.25) is 0 Å².